The van der Waals surface area contributed by atoms with Crippen LogP contribution in [0.25, 0.3) is 16.8 Å². The van der Waals surface area contributed by atoms with Crippen LogP contribution in [-0.2, 0) is 0 Å². The van der Waals surface area contributed by atoms with Gasteiger partial charge in [-0.05, 0) is 30.2 Å². The minimum Gasteiger partial charge on any atom is -0.296 e. The topological polar surface area (TPSA) is 34.4 Å². The molecule has 0 radical (unpaired) electrons. The summed E-state index contributed by atoms with van der Waals surface area (Å²) in [4.78, 5) is 15.4. The summed E-state index contributed by atoms with van der Waals surface area (Å²) in [5.74, 6) is 0. The van der Waals surface area contributed by atoms with Gasteiger partial charge >= 0.3 is 0 Å². The summed E-state index contributed by atoms with van der Waals surface area (Å²) < 4.78 is 1.84. The molecule has 3 heteroatoms. The molecule has 0 atom stereocenters. The van der Waals surface area contributed by atoms with E-state index in [1.807, 2.05) is 60.0 Å². The molecule has 0 aliphatic heterocycles. The van der Waals surface area contributed by atoms with Crippen molar-refractivity contribution in [1.82, 2.24) is 9.38 Å². The molecule has 3 nitrogen and oxygen atoms in total. The van der Waals surface area contributed by atoms with Crippen LogP contribution in [0.4, 0.5) is 0 Å². The summed E-state index contributed by atoms with van der Waals surface area (Å²) >= 11 is 0. The summed E-state index contributed by atoms with van der Waals surface area (Å²) in [6.45, 7) is 1.85. The zero-order chi connectivity index (χ0) is 12.5. The van der Waals surface area contributed by atoms with Gasteiger partial charge in [0.1, 0.15) is 11.3 Å². The number of fused-ring (bicyclic) bond motifs is 1. The molecule has 2 aromatic heterocycles. The number of carbonyl (C=O) groups is 1. The van der Waals surface area contributed by atoms with Gasteiger partial charge in [-0.2, -0.15) is 0 Å². The van der Waals surface area contributed by atoms with E-state index < -0.39 is 0 Å². The number of rotatable bonds is 2. The maximum absolute atomic E-state index is 11.1. The average molecular weight is 236 g/mol. The first-order valence-electron chi connectivity index (χ1n) is 5.79. The van der Waals surface area contributed by atoms with E-state index in [2.05, 4.69) is 4.98 Å². The van der Waals surface area contributed by atoms with Crippen LogP contribution in [-0.4, -0.2) is 15.7 Å². The second kappa shape index (κ2) is 4.11. The number of imidazole rings is 1. The zero-order valence-electron chi connectivity index (χ0n) is 10.00. The van der Waals surface area contributed by atoms with E-state index in [4.69, 9.17) is 0 Å². The Balaban J connectivity index is 2.25. The Kier molecular flexibility index (Phi) is 2.45. The van der Waals surface area contributed by atoms with Gasteiger partial charge in [0.05, 0.1) is 5.69 Å². The SMILES string of the molecule is Cc1nc2ccc(-c3ccccc3)cn2c1C=O. The highest BCUT2D eigenvalue weighted by Crippen LogP contribution is 2.21. The number of aromatic nitrogens is 2. The number of hydrogen-bond donors (Lipinski definition) is 0. The van der Waals surface area contributed by atoms with Crippen LogP contribution in [0.15, 0.2) is 48.7 Å². The highest BCUT2D eigenvalue weighted by molar-refractivity contribution is 5.77. The third-order valence-electron chi connectivity index (χ3n) is 3.06. The Hall–Kier alpha value is -2.42. The Morgan fingerprint density at radius 3 is 2.56 bits per heavy atom. The Bertz CT molecular complexity index is 714. The lowest BCUT2D eigenvalue weighted by Gasteiger charge is -2.03. The molecule has 0 saturated carbocycles. The summed E-state index contributed by atoms with van der Waals surface area (Å²) in [6, 6.07) is 14.0. The van der Waals surface area contributed by atoms with E-state index in [9.17, 15) is 4.79 Å². The molecule has 0 N–H and O–H groups in total. The first-order valence-corrected chi connectivity index (χ1v) is 5.79. The van der Waals surface area contributed by atoms with Crippen LogP contribution in [0.1, 0.15) is 16.2 Å². The standard InChI is InChI=1S/C15H12N2O/c1-11-14(10-18)17-9-13(7-8-15(17)16-11)12-5-3-2-4-6-12/h2-10H,1H3. The smallest absolute Gasteiger partial charge is 0.168 e. The molecule has 3 aromatic rings. The molecular formula is C15H12N2O. The van der Waals surface area contributed by atoms with Crippen molar-refractivity contribution in [3.05, 3.63) is 60.0 Å². The van der Waals surface area contributed by atoms with E-state index >= 15 is 0 Å². The first-order chi connectivity index (χ1) is 8.79. The monoisotopic (exact) mass is 236 g/mol. The molecule has 0 aliphatic carbocycles. The molecule has 3 rings (SSSR count). The van der Waals surface area contributed by atoms with Crippen LogP contribution in [0.3, 0.4) is 0 Å². The fourth-order valence-electron chi connectivity index (χ4n) is 2.12. The lowest BCUT2D eigenvalue weighted by Crippen LogP contribution is -1.92. The summed E-state index contributed by atoms with van der Waals surface area (Å²) in [5.41, 5.74) is 4.37. The van der Waals surface area contributed by atoms with Crippen LogP contribution in [0.5, 0.6) is 0 Å². The Labute approximate surface area is 105 Å². The van der Waals surface area contributed by atoms with Gasteiger partial charge < -0.3 is 0 Å². The van der Waals surface area contributed by atoms with Gasteiger partial charge in [0, 0.05) is 6.20 Å². The summed E-state index contributed by atoms with van der Waals surface area (Å²) in [7, 11) is 0. The summed E-state index contributed by atoms with van der Waals surface area (Å²) in [6.07, 6.45) is 2.80. The van der Waals surface area contributed by atoms with Gasteiger partial charge in [-0.3, -0.25) is 9.20 Å². The molecule has 0 fully saturated rings. The highest BCUT2D eigenvalue weighted by atomic mass is 16.1. The van der Waals surface area contributed by atoms with Crippen molar-refractivity contribution < 1.29 is 4.79 Å². The van der Waals surface area contributed by atoms with Crippen molar-refractivity contribution in [2.75, 3.05) is 0 Å². The Morgan fingerprint density at radius 2 is 1.83 bits per heavy atom. The molecule has 0 saturated heterocycles. The second-order valence-corrected chi connectivity index (χ2v) is 4.21. The molecule has 0 bridgehead atoms. The molecule has 0 aliphatic rings. The van der Waals surface area contributed by atoms with Crippen LogP contribution in [0, 0.1) is 6.92 Å². The first kappa shape index (κ1) is 10.7. The van der Waals surface area contributed by atoms with E-state index in [1.165, 1.54) is 0 Å². The number of benzene rings is 1. The van der Waals surface area contributed by atoms with Crippen molar-refractivity contribution in [3.63, 3.8) is 0 Å². The maximum atomic E-state index is 11.1. The quantitative estimate of drug-likeness (QED) is 0.641. The normalized spacial score (nSPS) is 10.7. The van der Waals surface area contributed by atoms with Gasteiger partial charge in [0.25, 0.3) is 0 Å². The van der Waals surface area contributed by atoms with Gasteiger partial charge in [-0.15, -0.1) is 0 Å². The van der Waals surface area contributed by atoms with E-state index in [1.54, 1.807) is 0 Å². The average Bonchev–Trinajstić information content (AvgIpc) is 2.74. The largest absolute Gasteiger partial charge is 0.296 e. The van der Waals surface area contributed by atoms with Crippen molar-refractivity contribution >= 4 is 11.9 Å². The summed E-state index contributed by atoms with van der Waals surface area (Å²) in [5, 5.41) is 0. The van der Waals surface area contributed by atoms with Crippen molar-refractivity contribution in [2.24, 2.45) is 0 Å². The van der Waals surface area contributed by atoms with Crippen LogP contribution >= 0.6 is 0 Å². The van der Waals surface area contributed by atoms with Gasteiger partial charge in [0.2, 0.25) is 0 Å². The van der Waals surface area contributed by atoms with Gasteiger partial charge in [-0.1, -0.05) is 30.3 Å². The number of aldehydes is 1. The minimum absolute atomic E-state index is 0.614. The van der Waals surface area contributed by atoms with Crippen LogP contribution in [0.2, 0.25) is 0 Å². The van der Waals surface area contributed by atoms with Crippen molar-refractivity contribution in [1.29, 1.82) is 0 Å². The molecule has 0 unspecified atom stereocenters. The van der Waals surface area contributed by atoms with E-state index in [-0.39, 0.29) is 0 Å². The third-order valence-corrected chi connectivity index (χ3v) is 3.06. The lowest BCUT2D eigenvalue weighted by molar-refractivity contribution is 0.111. The zero-order valence-corrected chi connectivity index (χ0v) is 10.00. The maximum Gasteiger partial charge on any atom is 0.168 e. The lowest BCUT2D eigenvalue weighted by atomic mass is 10.1. The molecular weight excluding hydrogens is 224 g/mol. The molecule has 1 aromatic carbocycles. The van der Waals surface area contributed by atoms with E-state index in [0.717, 1.165) is 28.8 Å². The minimum atomic E-state index is 0.614. The number of pyridine rings is 1. The molecule has 2 heterocycles. The number of nitrogens with zero attached hydrogens (tertiary/aromatic N) is 2. The molecule has 18 heavy (non-hydrogen) atoms. The second-order valence-electron chi connectivity index (χ2n) is 4.21. The molecule has 0 amide bonds. The fourth-order valence-corrected chi connectivity index (χ4v) is 2.12. The van der Waals surface area contributed by atoms with Crippen molar-refractivity contribution in [3.8, 4) is 11.1 Å². The Morgan fingerprint density at radius 1 is 1.06 bits per heavy atom. The predicted molar refractivity (Wildman–Crippen MR) is 70.8 cm³/mol. The molecule has 88 valence electrons. The molecule has 0 spiro atoms. The van der Waals surface area contributed by atoms with Crippen LogP contribution < -0.4 is 0 Å². The number of carbonyl (C=O) groups excluding carboxylic acids is 1. The van der Waals surface area contributed by atoms with E-state index in [0.29, 0.717) is 5.69 Å². The predicted octanol–water partition coefficient (Wildman–Crippen LogP) is 3.12. The van der Waals surface area contributed by atoms with Gasteiger partial charge in [-0.25, -0.2) is 4.98 Å². The number of aryl methyl sites for hydroxylation is 1. The third kappa shape index (κ3) is 1.61. The highest BCUT2D eigenvalue weighted by Gasteiger charge is 2.08. The fraction of sp³-hybridized carbons (Fsp3) is 0.0667. The van der Waals surface area contributed by atoms with Gasteiger partial charge in [0.15, 0.2) is 6.29 Å². The number of hydrogen-bond acceptors (Lipinski definition) is 2. The van der Waals surface area contributed by atoms with Crippen molar-refractivity contribution in [2.45, 2.75) is 6.92 Å².